The molecule has 2 aromatic rings. The van der Waals surface area contributed by atoms with Crippen LogP contribution >= 0.6 is 15.9 Å². The molecule has 0 saturated carbocycles. The molecule has 9 heteroatoms. The van der Waals surface area contributed by atoms with Gasteiger partial charge in [0.15, 0.2) is 12.7 Å². The molecule has 2 rings (SSSR count). The van der Waals surface area contributed by atoms with Gasteiger partial charge in [-0.3, -0.25) is 20.4 Å². The fourth-order valence-electron chi connectivity index (χ4n) is 1.78. The lowest BCUT2D eigenvalue weighted by Gasteiger charge is -2.15. The molecule has 2 N–H and O–H groups in total. The summed E-state index contributed by atoms with van der Waals surface area (Å²) in [6, 6.07) is 8.92. The number of carbonyl (C=O) groups is 2. The molecule has 0 radical (unpaired) electrons. The molecule has 0 saturated heterocycles. The first-order valence-electron chi connectivity index (χ1n) is 7.44. The average Bonchev–Trinajstić information content (AvgIpc) is 2.60. The van der Waals surface area contributed by atoms with Gasteiger partial charge in [-0.15, -0.1) is 0 Å². The summed E-state index contributed by atoms with van der Waals surface area (Å²) in [5, 5.41) is 0. The molecule has 0 heterocycles. The number of ether oxygens (including phenoxy) is 2. The second-order valence-corrected chi connectivity index (χ2v) is 5.97. The van der Waals surface area contributed by atoms with Crippen LogP contribution in [0.15, 0.2) is 46.9 Å². The van der Waals surface area contributed by atoms with E-state index in [1.807, 2.05) is 0 Å². The van der Waals surface area contributed by atoms with Crippen molar-refractivity contribution in [2.24, 2.45) is 0 Å². The van der Waals surface area contributed by atoms with Crippen molar-refractivity contribution < 1.29 is 27.8 Å². The second kappa shape index (κ2) is 9.14. The lowest BCUT2D eigenvalue weighted by Crippen LogP contribution is -2.48. The molecule has 2 amide bonds. The van der Waals surface area contributed by atoms with Crippen molar-refractivity contribution in [1.29, 1.82) is 0 Å². The average molecular weight is 429 g/mol. The Labute approximate surface area is 156 Å². The van der Waals surface area contributed by atoms with Gasteiger partial charge in [0.25, 0.3) is 11.8 Å². The summed E-state index contributed by atoms with van der Waals surface area (Å²) in [6.07, 6.45) is -0.923. The summed E-state index contributed by atoms with van der Waals surface area (Å²) in [5.74, 6) is -1.51. The van der Waals surface area contributed by atoms with Gasteiger partial charge in [-0.1, -0.05) is 0 Å². The number of nitrogens with one attached hydrogen (secondary N) is 2. The van der Waals surface area contributed by atoms with Crippen molar-refractivity contribution in [2.75, 3.05) is 6.61 Å². The van der Waals surface area contributed by atoms with E-state index in [1.165, 1.54) is 49.4 Å². The van der Waals surface area contributed by atoms with Crippen LogP contribution < -0.4 is 20.3 Å². The van der Waals surface area contributed by atoms with Crippen LogP contribution in [-0.4, -0.2) is 24.5 Å². The lowest BCUT2D eigenvalue weighted by atomic mass is 10.3. The smallest absolute Gasteiger partial charge is 0.279 e. The van der Waals surface area contributed by atoms with E-state index >= 15 is 0 Å². The monoisotopic (exact) mass is 428 g/mol. The minimum absolute atomic E-state index is 0.279. The van der Waals surface area contributed by atoms with Crippen molar-refractivity contribution in [3.63, 3.8) is 0 Å². The lowest BCUT2D eigenvalue weighted by molar-refractivity contribution is -0.133. The van der Waals surface area contributed by atoms with Crippen LogP contribution in [0.4, 0.5) is 8.78 Å². The number of carbonyl (C=O) groups excluding carboxylic acids is 2. The predicted molar refractivity (Wildman–Crippen MR) is 92.4 cm³/mol. The zero-order chi connectivity index (χ0) is 19.1. The van der Waals surface area contributed by atoms with Gasteiger partial charge in [0.1, 0.15) is 23.1 Å². The minimum atomic E-state index is -0.923. The van der Waals surface area contributed by atoms with E-state index in [4.69, 9.17) is 9.47 Å². The van der Waals surface area contributed by atoms with Gasteiger partial charge in [-0.05, 0) is 65.3 Å². The van der Waals surface area contributed by atoms with Gasteiger partial charge in [-0.2, -0.15) is 0 Å². The first kappa shape index (κ1) is 19.6. The molecule has 26 heavy (non-hydrogen) atoms. The molecular weight excluding hydrogens is 414 g/mol. The van der Waals surface area contributed by atoms with Crippen molar-refractivity contribution in [3.05, 3.63) is 58.6 Å². The van der Waals surface area contributed by atoms with Gasteiger partial charge >= 0.3 is 0 Å². The number of halogens is 3. The highest BCUT2D eigenvalue weighted by atomic mass is 79.9. The zero-order valence-electron chi connectivity index (χ0n) is 13.6. The van der Waals surface area contributed by atoms with Crippen molar-refractivity contribution in [1.82, 2.24) is 10.9 Å². The van der Waals surface area contributed by atoms with E-state index in [9.17, 15) is 18.4 Å². The van der Waals surface area contributed by atoms with Crippen molar-refractivity contribution >= 4 is 27.7 Å². The van der Waals surface area contributed by atoms with Gasteiger partial charge in [0.2, 0.25) is 0 Å². The Morgan fingerprint density at radius 1 is 1.08 bits per heavy atom. The molecule has 1 unspecified atom stereocenters. The maximum Gasteiger partial charge on any atom is 0.279 e. The van der Waals surface area contributed by atoms with Gasteiger partial charge < -0.3 is 9.47 Å². The topological polar surface area (TPSA) is 76.7 Å². The van der Waals surface area contributed by atoms with Gasteiger partial charge in [-0.25, -0.2) is 8.78 Å². The Kier molecular flexibility index (Phi) is 6.90. The van der Waals surface area contributed by atoms with Crippen molar-refractivity contribution in [2.45, 2.75) is 13.0 Å². The van der Waals surface area contributed by atoms with Crippen LogP contribution in [0.2, 0.25) is 0 Å². The third kappa shape index (κ3) is 5.99. The fourth-order valence-corrected chi connectivity index (χ4v) is 2.24. The second-order valence-electron chi connectivity index (χ2n) is 5.11. The largest absolute Gasteiger partial charge is 0.483 e. The summed E-state index contributed by atoms with van der Waals surface area (Å²) in [7, 11) is 0. The molecule has 0 aromatic heterocycles. The molecular formula is C17H15BrF2N2O4. The Balaban J connectivity index is 1.75. The molecule has 0 aliphatic heterocycles. The van der Waals surface area contributed by atoms with Gasteiger partial charge in [0.05, 0.1) is 4.47 Å². The zero-order valence-corrected chi connectivity index (χ0v) is 15.2. The minimum Gasteiger partial charge on any atom is -0.483 e. The van der Waals surface area contributed by atoms with Crippen LogP contribution in [0.25, 0.3) is 0 Å². The molecule has 0 fully saturated rings. The normalized spacial score (nSPS) is 11.4. The van der Waals surface area contributed by atoms with E-state index in [2.05, 4.69) is 26.8 Å². The first-order valence-corrected chi connectivity index (χ1v) is 8.23. The van der Waals surface area contributed by atoms with Gasteiger partial charge in [0, 0.05) is 0 Å². The Morgan fingerprint density at radius 2 is 1.73 bits per heavy atom. The van der Waals surface area contributed by atoms with Crippen LogP contribution in [-0.2, 0) is 9.59 Å². The van der Waals surface area contributed by atoms with E-state index in [1.54, 1.807) is 0 Å². The van der Waals surface area contributed by atoms with Crippen LogP contribution in [0.3, 0.4) is 0 Å². The van der Waals surface area contributed by atoms with Crippen LogP contribution in [0.1, 0.15) is 6.92 Å². The van der Waals surface area contributed by atoms with Crippen LogP contribution in [0, 0.1) is 11.6 Å². The Morgan fingerprint density at radius 3 is 2.38 bits per heavy atom. The summed E-state index contributed by atoms with van der Waals surface area (Å²) in [6.45, 7) is 1.08. The molecule has 2 aromatic carbocycles. The summed E-state index contributed by atoms with van der Waals surface area (Å²) < 4.78 is 36.7. The third-order valence-corrected chi connectivity index (χ3v) is 3.69. The summed E-state index contributed by atoms with van der Waals surface area (Å²) >= 11 is 3.11. The highest BCUT2D eigenvalue weighted by Gasteiger charge is 2.16. The summed E-state index contributed by atoms with van der Waals surface area (Å²) in [4.78, 5) is 23.6. The number of rotatable bonds is 6. The Hall–Kier alpha value is -2.68. The number of amides is 2. The summed E-state index contributed by atoms with van der Waals surface area (Å²) in [5.41, 5.74) is 4.35. The molecule has 1 atom stereocenters. The van der Waals surface area contributed by atoms with Crippen LogP contribution in [0.5, 0.6) is 11.5 Å². The number of hydrogen-bond donors (Lipinski definition) is 2. The van der Waals surface area contributed by atoms with E-state index in [0.29, 0.717) is 10.2 Å². The third-order valence-electron chi connectivity index (χ3n) is 3.07. The SMILES string of the molecule is CC(Oc1ccc(F)cc1)C(=O)NNC(=O)COc1ccc(F)cc1Br. The highest BCUT2D eigenvalue weighted by molar-refractivity contribution is 9.10. The number of benzene rings is 2. The molecule has 6 nitrogen and oxygen atoms in total. The predicted octanol–water partition coefficient (Wildman–Crippen LogP) is 2.72. The fraction of sp³-hybridized carbons (Fsp3) is 0.176. The molecule has 0 aliphatic rings. The molecule has 0 aliphatic carbocycles. The molecule has 0 spiro atoms. The van der Waals surface area contributed by atoms with E-state index < -0.39 is 36.2 Å². The number of hydrogen-bond acceptors (Lipinski definition) is 4. The highest BCUT2D eigenvalue weighted by Crippen LogP contribution is 2.25. The van der Waals surface area contributed by atoms with E-state index in [-0.39, 0.29) is 5.75 Å². The first-order chi connectivity index (χ1) is 12.3. The van der Waals surface area contributed by atoms with E-state index in [0.717, 1.165) is 0 Å². The van der Waals surface area contributed by atoms with Crippen molar-refractivity contribution in [3.8, 4) is 11.5 Å². The maximum absolute atomic E-state index is 13.0. The Bertz CT molecular complexity index is 787. The number of hydrazine groups is 1. The maximum atomic E-state index is 13.0. The quantitative estimate of drug-likeness (QED) is 0.693. The standard InChI is InChI=1S/C17H15BrF2N2O4/c1-10(26-13-5-2-11(19)3-6-13)17(24)22-21-16(23)9-25-15-7-4-12(20)8-14(15)18/h2-8,10H,9H2,1H3,(H,21,23)(H,22,24). The molecule has 0 bridgehead atoms. The molecule has 138 valence electrons.